The summed E-state index contributed by atoms with van der Waals surface area (Å²) in [5.41, 5.74) is 2.42. The van der Waals surface area contributed by atoms with Crippen LogP contribution in [-0.2, 0) is 15.3 Å². The summed E-state index contributed by atoms with van der Waals surface area (Å²) >= 11 is 2.58. The molecule has 1 unspecified atom stereocenters. The molecule has 1 aliphatic rings. The average molecular weight is 590 g/mol. The molecule has 1 aliphatic heterocycles. The number of thioether (sulfide) groups is 1. The minimum atomic E-state index is -1.22. The van der Waals surface area contributed by atoms with Crippen LogP contribution in [0.4, 0.5) is 9.52 Å². The van der Waals surface area contributed by atoms with Crippen LogP contribution in [0.15, 0.2) is 82.7 Å². The number of benzene rings is 3. The predicted molar refractivity (Wildman–Crippen MR) is 159 cm³/mol. The van der Waals surface area contributed by atoms with Gasteiger partial charge in [-0.2, -0.15) is 0 Å². The van der Waals surface area contributed by atoms with E-state index in [2.05, 4.69) is 17.1 Å². The lowest BCUT2D eigenvalue weighted by molar-refractivity contribution is -0.132. The fourth-order valence-corrected chi connectivity index (χ4v) is 6.23. The van der Waals surface area contributed by atoms with Crippen LogP contribution in [0.25, 0.3) is 5.76 Å². The van der Waals surface area contributed by atoms with Gasteiger partial charge >= 0.3 is 5.91 Å². The molecule has 1 aromatic heterocycles. The normalized spacial score (nSPS) is 16.4. The van der Waals surface area contributed by atoms with E-state index in [9.17, 15) is 14.7 Å². The van der Waals surface area contributed by atoms with Gasteiger partial charge in [-0.05, 0) is 49.2 Å². The SMILES string of the molecule is CCCCOc1ccc(/C(O)=C2/C(=O)C(=O)N(c3nnc(SCc4ccc(C)cc4)s3)C2c2ccccc2F)cc1. The van der Waals surface area contributed by atoms with E-state index in [4.69, 9.17) is 4.74 Å². The van der Waals surface area contributed by atoms with E-state index in [-0.39, 0.29) is 16.3 Å². The molecule has 1 atom stereocenters. The zero-order valence-electron chi connectivity index (χ0n) is 22.5. The summed E-state index contributed by atoms with van der Waals surface area (Å²) in [6.07, 6.45) is 1.90. The van der Waals surface area contributed by atoms with Crippen LogP contribution in [0.5, 0.6) is 5.75 Å². The van der Waals surface area contributed by atoms with Crippen LogP contribution in [0, 0.1) is 12.7 Å². The van der Waals surface area contributed by atoms with Crippen molar-refractivity contribution in [1.29, 1.82) is 0 Å². The Balaban J connectivity index is 1.49. The number of carbonyl (C=O) groups excluding carboxylic acids is 2. The molecule has 41 heavy (non-hydrogen) atoms. The maximum absolute atomic E-state index is 15.2. The summed E-state index contributed by atoms with van der Waals surface area (Å²) in [4.78, 5) is 27.9. The van der Waals surface area contributed by atoms with Crippen molar-refractivity contribution in [2.24, 2.45) is 0 Å². The smallest absolute Gasteiger partial charge is 0.301 e. The average Bonchev–Trinajstić information content (AvgIpc) is 3.55. The Hall–Kier alpha value is -4.02. The second kappa shape index (κ2) is 12.7. The number of hydrogen-bond donors (Lipinski definition) is 1. The number of nitrogens with zero attached hydrogens (tertiary/aromatic N) is 3. The first kappa shape index (κ1) is 28.5. The lowest BCUT2D eigenvalue weighted by Gasteiger charge is -2.22. The summed E-state index contributed by atoms with van der Waals surface area (Å²) in [5, 5.41) is 19.9. The number of halogens is 1. The summed E-state index contributed by atoms with van der Waals surface area (Å²) in [6, 6.07) is 19.4. The molecule has 1 fully saturated rings. The molecule has 10 heteroatoms. The maximum atomic E-state index is 15.2. The molecule has 0 aliphatic carbocycles. The Morgan fingerprint density at radius 1 is 1.05 bits per heavy atom. The van der Waals surface area contributed by atoms with E-state index in [1.807, 2.05) is 31.2 Å². The maximum Gasteiger partial charge on any atom is 0.301 e. The van der Waals surface area contributed by atoms with Gasteiger partial charge in [0, 0.05) is 16.9 Å². The van der Waals surface area contributed by atoms with Crippen molar-refractivity contribution in [3.05, 3.63) is 106 Å². The number of unbranched alkanes of at least 4 members (excludes halogenated alkanes) is 1. The quantitative estimate of drug-likeness (QED) is 0.0528. The number of rotatable bonds is 10. The molecule has 2 heterocycles. The molecule has 7 nitrogen and oxygen atoms in total. The monoisotopic (exact) mass is 589 g/mol. The van der Waals surface area contributed by atoms with Gasteiger partial charge in [-0.15, -0.1) is 10.2 Å². The van der Waals surface area contributed by atoms with Crippen molar-refractivity contribution in [2.45, 2.75) is 42.8 Å². The number of ketones is 1. The predicted octanol–water partition coefficient (Wildman–Crippen LogP) is 7.08. The highest BCUT2D eigenvalue weighted by atomic mass is 32.2. The van der Waals surface area contributed by atoms with Crippen molar-refractivity contribution >= 4 is 45.7 Å². The Morgan fingerprint density at radius 2 is 1.78 bits per heavy atom. The Kier molecular flexibility index (Phi) is 8.80. The minimum Gasteiger partial charge on any atom is -0.507 e. The number of anilines is 1. The molecule has 1 amide bonds. The zero-order valence-corrected chi connectivity index (χ0v) is 24.2. The van der Waals surface area contributed by atoms with Gasteiger partial charge in [-0.25, -0.2) is 4.39 Å². The molecule has 0 bridgehead atoms. The molecule has 0 saturated carbocycles. The Bertz CT molecular complexity index is 1590. The van der Waals surface area contributed by atoms with Gasteiger partial charge in [0.1, 0.15) is 23.4 Å². The molecule has 210 valence electrons. The third kappa shape index (κ3) is 6.18. The highest BCUT2D eigenvalue weighted by Crippen LogP contribution is 2.44. The van der Waals surface area contributed by atoms with E-state index < -0.39 is 29.3 Å². The van der Waals surface area contributed by atoms with E-state index in [1.54, 1.807) is 30.3 Å². The van der Waals surface area contributed by atoms with Gasteiger partial charge in [0.2, 0.25) is 5.13 Å². The molecule has 4 aromatic rings. The van der Waals surface area contributed by atoms with E-state index in [1.165, 1.54) is 30.0 Å². The van der Waals surface area contributed by atoms with Crippen LogP contribution >= 0.6 is 23.1 Å². The van der Waals surface area contributed by atoms with Crippen molar-refractivity contribution in [3.8, 4) is 5.75 Å². The number of hydrogen-bond acceptors (Lipinski definition) is 8. The lowest BCUT2D eigenvalue weighted by atomic mass is 9.95. The summed E-state index contributed by atoms with van der Waals surface area (Å²) < 4.78 is 21.4. The summed E-state index contributed by atoms with van der Waals surface area (Å²) in [6.45, 7) is 4.65. The first-order valence-corrected chi connectivity index (χ1v) is 15.0. The minimum absolute atomic E-state index is 0.0665. The first-order chi connectivity index (χ1) is 19.9. The number of amides is 1. The van der Waals surface area contributed by atoms with Crippen molar-refractivity contribution in [2.75, 3.05) is 11.5 Å². The summed E-state index contributed by atoms with van der Waals surface area (Å²) in [5.74, 6) is -1.60. The number of aromatic nitrogens is 2. The lowest BCUT2D eigenvalue weighted by Crippen LogP contribution is -2.29. The number of aliphatic hydroxyl groups is 1. The highest BCUT2D eigenvalue weighted by Gasteiger charge is 2.49. The van der Waals surface area contributed by atoms with Crippen molar-refractivity contribution in [1.82, 2.24) is 10.2 Å². The fraction of sp³-hybridized carbons (Fsp3) is 0.226. The number of ether oxygens (including phenoxy) is 1. The molecule has 1 N–H and O–H groups in total. The van der Waals surface area contributed by atoms with Crippen LogP contribution in [0.2, 0.25) is 0 Å². The van der Waals surface area contributed by atoms with Gasteiger partial charge in [-0.1, -0.05) is 84.5 Å². The van der Waals surface area contributed by atoms with E-state index >= 15 is 4.39 Å². The first-order valence-electron chi connectivity index (χ1n) is 13.2. The van der Waals surface area contributed by atoms with E-state index in [0.717, 1.165) is 40.2 Å². The third-order valence-corrected chi connectivity index (χ3v) is 8.75. The van der Waals surface area contributed by atoms with Crippen LogP contribution < -0.4 is 9.64 Å². The van der Waals surface area contributed by atoms with Gasteiger partial charge in [0.05, 0.1) is 12.2 Å². The standard InChI is InChI=1S/C31H28FN3O4S2/c1-3-4-17-39-22-15-13-21(14-16-22)27(36)25-26(23-7-5-6-8-24(23)32)35(29(38)28(25)37)30-33-34-31(41-30)40-18-20-11-9-19(2)10-12-20/h5-16,26,36H,3-4,17-18H2,1-2H3/b27-25-. The molecular formula is C31H28FN3O4S2. The molecule has 0 radical (unpaired) electrons. The van der Waals surface area contributed by atoms with Gasteiger partial charge < -0.3 is 9.84 Å². The summed E-state index contributed by atoms with van der Waals surface area (Å²) in [7, 11) is 0. The molecule has 1 saturated heterocycles. The third-order valence-electron chi connectivity index (χ3n) is 6.62. The number of Topliss-reactive ketones (excluding diaryl/α,β-unsaturated/α-hetero) is 1. The Labute approximate surface area is 245 Å². The van der Waals surface area contributed by atoms with Gasteiger partial charge in [-0.3, -0.25) is 14.5 Å². The van der Waals surface area contributed by atoms with Crippen LogP contribution in [0.1, 0.15) is 48.1 Å². The number of aliphatic hydroxyl groups excluding tert-OH is 1. The van der Waals surface area contributed by atoms with Gasteiger partial charge in [0.25, 0.3) is 5.78 Å². The van der Waals surface area contributed by atoms with Crippen molar-refractivity contribution in [3.63, 3.8) is 0 Å². The van der Waals surface area contributed by atoms with Crippen molar-refractivity contribution < 1.29 is 23.8 Å². The number of aryl methyl sites for hydroxylation is 1. The van der Waals surface area contributed by atoms with E-state index in [0.29, 0.717) is 28.0 Å². The zero-order chi connectivity index (χ0) is 28.9. The highest BCUT2D eigenvalue weighted by molar-refractivity contribution is 8.00. The molecule has 0 spiro atoms. The van der Waals surface area contributed by atoms with Gasteiger partial charge in [0.15, 0.2) is 4.34 Å². The Morgan fingerprint density at radius 3 is 2.49 bits per heavy atom. The van der Waals surface area contributed by atoms with Crippen LogP contribution in [0.3, 0.4) is 0 Å². The topological polar surface area (TPSA) is 92.6 Å². The molecule has 5 rings (SSSR count). The molecular weight excluding hydrogens is 561 g/mol. The second-order valence-corrected chi connectivity index (χ2v) is 11.7. The number of carbonyl (C=O) groups is 2. The van der Waals surface area contributed by atoms with Crippen LogP contribution in [-0.4, -0.2) is 33.6 Å². The fourth-order valence-electron chi connectivity index (χ4n) is 4.41. The molecule has 3 aromatic carbocycles. The largest absolute Gasteiger partial charge is 0.507 e. The second-order valence-electron chi connectivity index (χ2n) is 9.54.